The topological polar surface area (TPSA) is 126 Å². The van der Waals surface area contributed by atoms with E-state index in [-0.39, 0.29) is 36.5 Å². The van der Waals surface area contributed by atoms with E-state index in [2.05, 4.69) is 15.6 Å². The van der Waals surface area contributed by atoms with Crippen LogP contribution in [0.5, 0.6) is 0 Å². The third-order valence-corrected chi connectivity index (χ3v) is 8.21. The van der Waals surface area contributed by atoms with Crippen LogP contribution in [0.3, 0.4) is 0 Å². The minimum atomic E-state index is -0.842. The summed E-state index contributed by atoms with van der Waals surface area (Å²) in [5, 5.41) is 11.8. The standard InChI is InChI=1S/C29H36ClN7O3/c1-35-25-9-7-20(15-24(25)33-34-35)17-32-28(39)26-16-21(13-19-5-4-6-22(30)14-19)18-37(26)29(40)23(31)8-10-27(38)36-11-2-3-12-36/h4-7,9,14-15,21,23,26H,2-3,8,10-13,16-18,31H2,1H3,(H,32,39)/t21-,23+,26-/m0/s1. The zero-order chi connectivity index (χ0) is 28.2. The number of nitrogens with zero attached hydrogens (tertiary/aromatic N) is 5. The number of halogens is 1. The lowest BCUT2D eigenvalue weighted by molar-refractivity contribution is -0.140. The van der Waals surface area contributed by atoms with Gasteiger partial charge in [-0.05, 0) is 73.4 Å². The van der Waals surface area contributed by atoms with Gasteiger partial charge in [0, 0.05) is 44.7 Å². The maximum Gasteiger partial charge on any atom is 0.243 e. The summed E-state index contributed by atoms with van der Waals surface area (Å²) in [6.07, 6.45) is 3.74. The van der Waals surface area contributed by atoms with Crippen LogP contribution >= 0.6 is 11.6 Å². The van der Waals surface area contributed by atoms with Crippen LogP contribution in [0.15, 0.2) is 42.5 Å². The normalized spacial score (nSPS) is 19.8. The van der Waals surface area contributed by atoms with Crippen molar-refractivity contribution in [2.24, 2.45) is 18.7 Å². The van der Waals surface area contributed by atoms with E-state index in [9.17, 15) is 14.4 Å². The molecule has 10 nitrogen and oxygen atoms in total. The van der Waals surface area contributed by atoms with E-state index in [4.69, 9.17) is 17.3 Å². The SMILES string of the molecule is Cn1nnc2cc(CNC(=O)[C@@H]3C[C@H](Cc4cccc(Cl)c4)CN3C(=O)[C@H](N)CCC(=O)N3CCCC3)ccc21. The number of amides is 3. The van der Waals surface area contributed by atoms with E-state index >= 15 is 0 Å². The lowest BCUT2D eigenvalue weighted by atomic mass is 9.96. The van der Waals surface area contributed by atoms with E-state index in [0.717, 1.165) is 48.1 Å². The molecule has 11 heteroatoms. The van der Waals surface area contributed by atoms with Gasteiger partial charge in [-0.2, -0.15) is 0 Å². The van der Waals surface area contributed by atoms with Crippen molar-refractivity contribution >= 4 is 40.4 Å². The number of nitrogens with two attached hydrogens (primary N) is 1. The highest BCUT2D eigenvalue weighted by molar-refractivity contribution is 6.30. The number of benzene rings is 2. The van der Waals surface area contributed by atoms with Gasteiger partial charge < -0.3 is 20.9 Å². The van der Waals surface area contributed by atoms with Crippen LogP contribution in [0.1, 0.15) is 43.2 Å². The molecule has 3 aromatic rings. The van der Waals surface area contributed by atoms with Crippen molar-refractivity contribution in [3.63, 3.8) is 0 Å². The molecule has 3 amide bonds. The van der Waals surface area contributed by atoms with Crippen molar-refractivity contribution in [2.75, 3.05) is 19.6 Å². The molecule has 212 valence electrons. The Kier molecular flexibility index (Phi) is 8.66. The van der Waals surface area contributed by atoms with Crippen LogP contribution in [-0.2, 0) is 34.4 Å². The van der Waals surface area contributed by atoms with Crippen LogP contribution in [0.25, 0.3) is 11.0 Å². The molecular formula is C29H36ClN7O3. The summed E-state index contributed by atoms with van der Waals surface area (Å²) < 4.78 is 1.70. The molecule has 3 N–H and O–H groups in total. The molecule has 5 rings (SSSR count). The molecule has 40 heavy (non-hydrogen) atoms. The predicted molar refractivity (Wildman–Crippen MR) is 152 cm³/mol. The summed E-state index contributed by atoms with van der Waals surface area (Å²) in [6, 6.07) is 11.9. The van der Waals surface area contributed by atoms with E-state index in [0.29, 0.717) is 31.0 Å². The predicted octanol–water partition coefficient (Wildman–Crippen LogP) is 2.43. The number of rotatable bonds is 9. The molecule has 2 aliphatic rings. The molecule has 1 aromatic heterocycles. The zero-order valence-corrected chi connectivity index (χ0v) is 23.5. The third-order valence-electron chi connectivity index (χ3n) is 7.97. The van der Waals surface area contributed by atoms with Gasteiger partial charge in [-0.15, -0.1) is 5.10 Å². The number of carbonyl (C=O) groups excluding carboxylic acids is 3. The maximum absolute atomic E-state index is 13.5. The van der Waals surface area contributed by atoms with Crippen LogP contribution in [0, 0.1) is 5.92 Å². The summed E-state index contributed by atoms with van der Waals surface area (Å²) in [5.74, 6) is -0.395. The van der Waals surface area contributed by atoms with Crippen molar-refractivity contribution in [1.29, 1.82) is 0 Å². The molecule has 0 radical (unpaired) electrons. The monoisotopic (exact) mass is 565 g/mol. The number of aromatic nitrogens is 3. The molecule has 0 bridgehead atoms. The van der Waals surface area contributed by atoms with Crippen molar-refractivity contribution in [3.05, 3.63) is 58.6 Å². The lowest BCUT2D eigenvalue weighted by Crippen LogP contribution is -2.51. The molecule has 2 saturated heterocycles. The van der Waals surface area contributed by atoms with E-state index in [1.165, 1.54) is 0 Å². The van der Waals surface area contributed by atoms with Crippen molar-refractivity contribution in [3.8, 4) is 0 Å². The van der Waals surface area contributed by atoms with Gasteiger partial charge in [-0.1, -0.05) is 35.0 Å². The van der Waals surface area contributed by atoms with Gasteiger partial charge in [0.2, 0.25) is 17.7 Å². The first-order valence-electron chi connectivity index (χ1n) is 13.9. The van der Waals surface area contributed by atoms with E-state index in [1.807, 2.05) is 54.4 Å². The molecule has 2 aromatic carbocycles. The van der Waals surface area contributed by atoms with Crippen LogP contribution in [-0.4, -0.2) is 74.2 Å². The Balaban J connectivity index is 1.25. The summed E-state index contributed by atoms with van der Waals surface area (Å²) in [6.45, 7) is 2.26. The number of carbonyl (C=O) groups is 3. The van der Waals surface area contributed by atoms with Crippen LogP contribution in [0.2, 0.25) is 5.02 Å². The quantitative estimate of drug-likeness (QED) is 0.410. The van der Waals surface area contributed by atoms with Gasteiger partial charge in [-0.25, -0.2) is 4.68 Å². The Hall–Kier alpha value is -3.50. The Bertz CT molecular complexity index is 1390. The van der Waals surface area contributed by atoms with Gasteiger partial charge in [0.25, 0.3) is 0 Å². The molecule has 2 aliphatic heterocycles. The Morgan fingerprint density at radius 3 is 2.70 bits per heavy atom. The Labute approximate surface area is 238 Å². The highest BCUT2D eigenvalue weighted by Gasteiger charge is 2.41. The van der Waals surface area contributed by atoms with Gasteiger partial charge in [-0.3, -0.25) is 14.4 Å². The average Bonchev–Trinajstić information content (AvgIpc) is 3.71. The lowest BCUT2D eigenvalue weighted by Gasteiger charge is -2.27. The molecule has 0 saturated carbocycles. The largest absolute Gasteiger partial charge is 0.350 e. The first kappa shape index (κ1) is 28.0. The average molecular weight is 566 g/mol. The van der Waals surface area contributed by atoms with Gasteiger partial charge in [0.05, 0.1) is 11.6 Å². The zero-order valence-electron chi connectivity index (χ0n) is 22.8. The van der Waals surface area contributed by atoms with Crippen molar-refractivity contribution in [1.82, 2.24) is 30.1 Å². The molecule has 0 aliphatic carbocycles. The minimum Gasteiger partial charge on any atom is -0.350 e. The summed E-state index contributed by atoms with van der Waals surface area (Å²) in [7, 11) is 1.83. The van der Waals surface area contributed by atoms with Crippen molar-refractivity contribution in [2.45, 2.75) is 57.2 Å². The Morgan fingerprint density at radius 1 is 1.12 bits per heavy atom. The molecule has 2 fully saturated rings. The first-order chi connectivity index (χ1) is 19.3. The number of likely N-dealkylation sites (tertiary alicyclic amines) is 2. The van der Waals surface area contributed by atoms with E-state index in [1.54, 1.807) is 9.58 Å². The van der Waals surface area contributed by atoms with Gasteiger partial charge in [0.1, 0.15) is 11.6 Å². The first-order valence-corrected chi connectivity index (χ1v) is 14.3. The second kappa shape index (κ2) is 12.3. The smallest absolute Gasteiger partial charge is 0.243 e. The Morgan fingerprint density at radius 2 is 1.93 bits per heavy atom. The third kappa shape index (κ3) is 6.45. The van der Waals surface area contributed by atoms with Gasteiger partial charge in [0.15, 0.2) is 0 Å². The second-order valence-electron chi connectivity index (χ2n) is 10.9. The van der Waals surface area contributed by atoms with Crippen molar-refractivity contribution < 1.29 is 14.4 Å². The summed E-state index contributed by atoms with van der Waals surface area (Å²) >= 11 is 6.19. The van der Waals surface area contributed by atoms with Crippen LogP contribution in [0.4, 0.5) is 0 Å². The molecule has 0 unspecified atom stereocenters. The fourth-order valence-corrected chi connectivity index (χ4v) is 6.02. The number of nitrogens with one attached hydrogen (secondary N) is 1. The highest BCUT2D eigenvalue weighted by Crippen LogP contribution is 2.29. The molecule has 3 heterocycles. The van der Waals surface area contributed by atoms with Gasteiger partial charge >= 0.3 is 0 Å². The van der Waals surface area contributed by atoms with E-state index < -0.39 is 12.1 Å². The number of hydrogen-bond donors (Lipinski definition) is 2. The number of hydrogen-bond acceptors (Lipinski definition) is 6. The fourth-order valence-electron chi connectivity index (χ4n) is 5.80. The minimum absolute atomic E-state index is 0.0374. The molecule has 3 atom stereocenters. The highest BCUT2D eigenvalue weighted by atomic mass is 35.5. The summed E-state index contributed by atoms with van der Waals surface area (Å²) in [5.41, 5.74) is 9.93. The van der Waals surface area contributed by atoms with Crippen LogP contribution < -0.4 is 11.1 Å². The molecular weight excluding hydrogens is 530 g/mol. The molecule has 0 spiro atoms. The fraction of sp³-hybridized carbons (Fsp3) is 0.483. The summed E-state index contributed by atoms with van der Waals surface area (Å²) in [4.78, 5) is 42.9. The number of aryl methyl sites for hydroxylation is 1. The number of fused-ring (bicyclic) bond motifs is 1. The maximum atomic E-state index is 13.5. The second-order valence-corrected chi connectivity index (χ2v) is 11.4.